The van der Waals surface area contributed by atoms with Crippen molar-refractivity contribution in [2.24, 2.45) is 0 Å². The SMILES string of the molecule is [2H]c1c([2H])c([2H])c(-c2c([2H])c([2H])c3c(c2[2H])N(c2c(-c4ccccc4)cccc2-c2ccccc2)c2cc(C(C)(C)C)cc4c2B3c2c(c([2H])c3c5c2N2c6ccccc6Oc6c([2H])c([2H])c7c(c62)B5c2c(c([2H])c([2H])c5c6c([2H])c([2H])c([2H])c([2H])c6n-3c25)O7)N4c2c(-c3ccccc3)cccc2-c2ccccc2)c([2H])c1[2H]. The van der Waals surface area contributed by atoms with E-state index in [2.05, 4.69) is 37.8 Å². The minimum atomic E-state index is -1.42. The molecule has 0 fully saturated rings. The number of hydrogen-bond donors (Lipinski definition) is 0. The van der Waals surface area contributed by atoms with Gasteiger partial charge in [-0.2, -0.15) is 0 Å². The number of fused-ring (bicyclic) bond motifs is 12. The average Bonchev–Trinajstić information content (AvgIpc) is 1.64. The van der Waals surface area contributed by atoms with Crippen LogP contribution in [0.3, 0.4) is 0 Å². The van der Waals surface area contributed by atoms with Crippen molar-refractivity contribution in [1.29, 1.82) is 0 Å². The van der Waals surface area contributed by atoms with Crippen LogP contribution in [-0.2, 0) is 5.41 Å². The fraction of sp³-hybridized carbons (Fsp3) is 0.0455. The average molecular weight is 1240 g/mol. The zero-order valence-corrected chi connectivity index (χ0v) is 51.7. The molecule has 14 aromatic carbocycles. The molecule has 21 rings (SSSR count). The Kier molecular flexibility index (Phi) is 8.14. The van der Waals surface area contributed by atoms with Gasteiger partial charge in [-0.15, -0.1) is 0 Å². The first-order chi connectivity index (χ1) is 54.4. The predicted octanol–water partition coefficient (Wildman–Crippen LogP) is 19.3. The van der Waals surface area contributed by atoms with E-state index >= 15 is 0 Å². The Morgan fingerprint density at radius 1 is 0.333 bits per heavy atom. The smallest absolute Gasteiger partial charge is 0.262 e. The standard InChI is InChI=1S/C88H58B2N4O2/c1-88(2,3)59-50-70-78-71(51-59)93(84-62(56-31-15-7-16-32-56)38-24-39-63(84)57-33-17-8-18-34-57)72-52-73-80-87(94-68-41-21-22-42-74(68)95-77-48-47-76-82(86(77)94)90(80)81-75(96-76)46-44-65-64-35-19-20-40-67(64)91(73)85(65)81)79(72)89(78)66-45-43-58(53-25-9-4-10-26-53)49-69(66)92(70)83-60(54-27-11-5-12-28-54)36-23-37-61(83)55-29-13-6-14-30-55/h4-52H,1-3H3/i4D,9D,10D,19D,20D,25D,26D,35D,40D,43D,44D,45D,46D,47D,48D,49D,52D. The van der Waals surface area contributed by atoms with Crippen molar-refractivity contribution in [2.75, 3.05) is 14.7 Å². The quantitative estimate of drug-likeness (QED) is 0.149. The second-order valence-electron chi connectivity index (χ2n) is 26.0. The van der Waals surface area contributed by atoms with Crippen molar-refractivity contribution in [1.82, 2.24) is 4.57 Å². The van der Waals surface area contributed by atoms with Crippen LogP contribution in [0.15, 0.2) is 297 Å². The molecular weight excluding hydrogens is 1170 g/mol. The highest BCUT2D eigenvalue weighted by Crippen LogP contribution is 2.59. The van der Waals surface area contributed by atoms with E-state index in [9.17, 15) is 21.9 Å². The van der Waals surface area contributed by atoms with Crippen LogP contribution in [0.5, 0.6) is 23.0 Å². The van der Waals surface area contributed by atoms with E-state index in [1.807, 2.05) is 180 Å². The first kappa shape index (κ1) is 39.5. The van der Waals surface area contributed by atoms with E-state index in [1.165, 1.54) is 0 Å². The molecule has 96 heavy (non-hydrogen) atoms. The molecule has 8 heteroatoms. The molecule has 0 N–H and O–H groups in total. The number of ether oxygens (including phenoxy) is 2. The maximum absolute atomic E-state index is 12.3. The van der Waals surface area contributed by atoms with Gasteiger partial charge in [0.05, 0.1) is 57.1 Å². The van der Waals surface area contributed by atoms with Crippen molar-refractivity contribution in [2.45, 2.75) is 26.2 Å². The third-order valence-electron chi connectivity index (χ3n) is 19.9. The van der Waals surface area contributed by atoms with E-state index in [0.29, 0.717) is 78.2 Å². The van der Waals surface area contributed by atoms with Gasteiger partial charge in [-0.3, -0.25) is 0 Å². The minimum absolute atomic E-state index is 0.00289. The van der Waals surface area contributed by atoms with Gasteiger partial charge in [0.25, 0.3) is 13.4 Å². The summed E-state index contributed by atoms with van der Waals surface area (Å²) in [5.41, 5.74) is 9.73. The molecule has 448 valence electrons. The lowest BCUT2D eigenvalue weighted by molar-refractivity contribution is 0.468. The summed E-state index contributed by atoms with van der Waals surface area (Å²) in [6.07, 6.45) is 0. The molecule has 0 unspecified atom stereocenters. The monoisotopic (exact) mass is 1240 g/mol. The van der Waals surface area contributed by atoms with Gasteiger partial charge in [0.2, 0.25) is 0 Å². The molecule has 6 nitrogen and oxygen atoms in total. The normalized spacial score (nSPS) is 16.1. The number of benzene rings is 14. The van der Waals surface area contributed by atoms with Gasteiger partial charge < -0.3 is 28.7 Å². The molecule has 7 heterocycles. The second-order valence-corrected chi connectivity index (χ2v) is 26.0. The van der Waals surface area contributed by atoms with E-state index < -0.39 is 127 Å². The van der Waals surface area contributed by atoms with Crippen LogP contribution >= 0.6 is 0 Å². The maximum Gasteiger partial charge on any atom is 0.262 e. The lowest BCUT2D eigenvalue weighted by Gasteiger charge is -2.51. The molecular formula is C88H58B2N4O2. The number of anilines is 9. The Bertz CT molecular complexity index is 6780. The Morgan fingerprint density at radius 3 is 1.49 bits per heavy atom. The predicted molar refractivity (Wildman–Crippen MR) is 400 cm³/mol. The van der Waals surface area contributed by atoms with E-state index in [1.54, 1.807) is 16.7 Å². The summed E-state index contributed by atoms with van der Waals surface area (Å²) >= 11 is 0. The summed E-state index contributed by atoms with van der Waals surface area (Å²) in [6.45, 7) is 3.61. The van der Waals surface area contributed by atoms with Crippen molar-refractivity contribution in [3.8, 4) is 84.3 Å². The first-order valence-electron chi connectivity index (χ1n) is 40.6. The van der Waals surface area contributed by atoms with Crippen LogP contribution < -0.4 is 57.0 Å². The Hall–Kier alpha value is -12.0. The highest BCUT2D eigenvalue weighted by molar-refractivity contribution is 7.05. The minimum Gasteiger partial charge on any atom is -0.458 e. The van der Waals surface area contributed by atoms with Gasteiger partial charge in [-0.25, -0.2) is 0 Å². The zero-order chi connectivity index (χ0) is 78.0. The van der Waals surface area contributed by atoms with Crippen molar-refractivity contribution < 1.29 is 32.8 Å². The van der Waals surface area contributed by atoms with Gasteiger partial charge in [-0.05, 0) is 138 Å². The Labute approximate surface area is 581 Å². The van der Waals surface area contributed by atoms with Crippen LogP contribution in [0.1, 0.15) is 49.6 Å². The van der Waals surface area contributed by atoms with Crippen molar-refractivity contribution in [3.63, 3.8) is 0 Å². The third-order valence-corrected chi connectivity index (χ3v) is 19.9. The highest BCUT2D eigenvalue weighted by atomic mass is 16.5. The number of para-hydroxylation sites is 5. The molecule has 0 saturated heterocycles. The molecule has 1 aromatic heterocycles. The largest absolute Gasteiger partial charge is 0.458 e. The van der Waals surface area contributed by atoms with E-state index in [4.69, 9.17) is 10.8 Å². The molecule has 15 aromatic rings. The zero-order valence-electron chi connectivity index (χ0n) is 68.7. The Morgan fingerprint density at radius 2 is 0.865 bits per heavy atom. The number of rotatable bonds is 7. The van der Waals surface area contributed by atoms with Gasteiger partial charge in [0, 0.05) is 72.6 Å². The lowest BCUT2D eigenvalue weighted by Crippen LogP contribution is -2.68. The fourth-order valence-corrected chi connectivity index (χ4v) is 16.0. The first-order valence-corrected chi connectivity index (χ1v) is 32.1. The second kappa shape index (κ2) is 19.8. The van der Waals surface area contributed by atoms with Crippen LogP contribution in [-0.4, -0.2) is 18.0 Å². The van der Waals surface area contributed by atoms with Crippen molar-refractivity contribution >= 4 is 119 Å². The Balaban J connectivity index is 1.06. The van der Waals surface area contributed by atoms with Crippen LogP contribution in [0.4, 0.5) is 51.2 Å². The van der Waals surface area contributed by atoms with Gasteiger partial charge in [0.1, 0.15) is 11.5 Å². The van der Waals surface area contributed by atoms with Gasteiger partial charge in [-0.1, -0.05) is 251 Å². The molecule has 0 atom stereocenters. The fourth-order valence-electron chi connectivity index (χ4n) is 16.0. The topological polar surface area (TPSA) is 33.1 Å². The van der Waals surface area contributed by atoms with Gasteiger partial charge >= 0.3 is 0 Å². The summed E-state index contributed by atoms with van der Waals surface area (Å²) in [7, 11) is 0. The molecule has 0 saturated carbocycles. The van der Waals surface area contributed by atoms with E-state index in [-0.39, 0.29) is 84.5 Å². The molecule has 0 spiro atoms. The summed E-state index contributed by atoms with van der Waals surface area (Å²) in [6, 6.07) is 53.4. The summed E-state index contributed by atoms with van der Waals surface area (Å²) in [5.74, 6) is -0.129. The summed E-state index contributed by atoms with van der Waals surface area (Å²) < 4.78 is 188. The summed E-state index contributed by atoms with van der Waals surface area (Å²) in [4.78, 5) is 6.04. The maximum atomic E-state index is 12.3. The molecule has 0 bridgehead atoms. The molecule has 0 aliphatic carbocycles. The number of hydrogen-bond acceptors (Lipinski definition) is 5. The molecule has 0 radical (unpaired) electrons. The molecule has 6 aliphatic rings. The summed E-state index contributed by atoms with van der Waals surface area (Å²) in [5, 5.41) is -0.0995. The van der Waals surface area contributed by atoms with Crippen LogP contribution in [0.2, 0.25) is 0 Å². The molecule has 6 aliphatic heterocycles. The number of nitrogens with zero attached hydrogens (tertiary/aromatic N) is 4. The molecule has 0 amide bonds. The van der Waals surface area contributed by atoms with Crippen LogP contribution in [0.25, 0.3) is 83.1 Å². The van der Waals surface area contributed by atoms with Crippen molar-refractivity contribution in [3.05, 3.63) is 302 Å². The third kappa shape index (κ3) is 7.33. The highest BCUT2D eigenvalue weighted by Gasteiger charge is 2.55. The van der Waals surface area contributed by atoms with Crippen LogP contribution in [0, 0.1) is 0 Å². The lowest BCUT2D eigenvalue weighted by atomic mass is 9.29. The van der Waals surface area contributed by atoms with E-state index in [0.717, 1.165) is 27.8 Å². The van der Waals surface area contributed by atoms with Gasteiger partial charge in [0.15, 0.2) is 11.5 Å². The number of aromatic nitrogens is 1.